The zero-order valence-corrected chi connectivity index (χ0v) is 15.3. The van der Waals surface area contributed by atoms with Gasteiger partial charge in [-0.2, -0.15) is 0 Å². The van der Waals surface area contributed by atoms with Crippen molar-refractivity contribution in [1.29, 1.82) is 0 Å². The second kappa shape index (κ2) is 8.31. The molecule has 1 heteroatoms. The molecule has 2 unspecified atom stereocenters. The summed E-state index contributed by atoms with van der Waals surface area (Å²) in [7, 11) is 0. The minimum atomic E-state index is 0.273. The molecule has 2 aliphatic carbocycles. The van der Waals surface area contributed by atoms with Gasteiger partial charge >= 0.3 is 0 Å². The first-order valence-electron chi connectivity index (χ1n) is 9.81. The predicted octanol–water partition coefficient (Wildman–Crippen LogP) is 6.32. The lowest BCUT2D eigenvalue weighted by molar-refractivity contribution is -0.121. The fourth-order valence-electron chi connectivity index (χ4n) is 4.77. The molecule has 0 spiro atoms. The number of carbonyl (C=O) groups excluding carboxylic acids is 1. The summed E-state index contributed by atoms with van der Waals surface area (Å²) in [6, 6.07) is 0. The van der Waals surface area contributed by atoms with Gasteiger partial charge in [0, 0.05) is 5.92 Å². The van der Waals surface area contributed by atoms with Gasteiger partial charge in [-0.3, -0.25) is 4.79 Å². The molecule has 22 heavy (non-hydrogen) atoms. The summed E-state index contributed by atoms with van der Waals surface area (Å²) in [6.07, 6.45) is 13.4. The van der Waals surface area contributed by atoms with E-state index in [1.54, 1.807) is 5.57 Å². The lowest BCUT2D eigenvalue weighted by Crippen LogP contribution is -2.24. The Morgan fingerprint density at radius 2 is 1.36 bits per heavy atom. The lowest BCUT2D eigenvalue weighted by atomic mass is 9.78. The van der Waals surface area contributed by atoms with Gasteiger partial charge < -0.3 is 0 Å². The Labute approximate surface area is 137 Å². The van der Waals surface area contributed by atoms with Crippen molar-refractivity contribution < 1.29 is 4.79 Å². The van der Waals surface area contributed by atoms with Crippen LogP contribution in [0.3, 0.4) is 0 Å². The maximum absolute atomic E-state index is 13.0. The van der Waals surface area contributed by atoms with Crippen molar-refractivity contribution in [1.82, 2.24) is 0 Å². The SMILES string of the molecule is CC(C)C1=C2CCCCCCCCCCC2C(C(C)C)C1=O. The minimum Gasteiger partial charge on any atom is -0.294 e. The Hall–Kier alpha value is -0.590. The van der Waals surface area contributed by atoms with Crippen LogP contribution in [0, 0.1) is 23.7 Å². The molecule has 1 saturated carbocycles. The average molecular weight is 305 g/mol. The first kappa shape index (κ1) is 17.8. The molecule has 0 amide bonds. The fraction of sp³-hybridized carbons (Fsp3) is 0.857. The van der Waals surface area contributed by atoms with Crippen molar-refractivity contribution in [2.75, 3.05) is 0 Å². The average Bonchev–Trinajstić information content (AvgIpc) is 2.71. The van der Waals surface area contributed by atoms with Crippen LogP contribution in [-0.2, 0) is 4.79 Å². The highest BCUT2D eigenvalue weighted by Crippen LogP contribution is 2.46. The monoisotopic (exact) mass is 304 g/mol. The van der Waals surface area contributed by atoms with Crippen LogP contribution < -0.4 is 0 Å². The standard InChI is InChI=1S/C21H36O/c1-15(2)19-17-13-11-9-7-5-6-8-10-12-14-18(17)20(16(3)4)21(19)22/h15-17,19H,5-14H2,1-4H3. The molecule has 0 aromatic heterocycles. The summed E-state index contributed by atoms with van der Waals surface area (Å²) >= 11 is 0. The van der Waals surface area contributed by atoms with Crippen LogP contribution in [-0.4, -0.2) is 5.78 Å². The van der Waals surface area contributed by atoms with Gasteiger partial charge in [-0.1, -0.05) is 78.2 Å². The molecule has 0 saturated heterocycles. The van der Waals surface area contributed by atoms with Crippen LogP contribution in [0.15, 0.2) is 11.1 Å². The zero-order valence-electron chi connectivity index (χ0n) is 15.3. The molecule has 0 N–H and O–H groups in total. The lowest BCUT2D eigenvalue weighted by Gasteiger charge is -2.25. The zero-order chi connectivity index (χ0) is 16.1. The summed E-state index contributed by atoms with van der Waals surface area (Å²) in [5.41, 5.74) is 2.79. The Bertz CT molecular complexity index is 402. The highest BCUT2D eigenvalue weighted by Gasteiger charge is 2.42. The maximum atomic E-state index is 13.0. The number of hydrogen-bond donors (Lipinski definition) is 0. The van der Waals surface area contributed by atoms with Gasteiger partial charge in [0.15, 0.2) is 5.78 Å². The summed E-state index contributed by atoms with van der Waals surface area (Å²) in [5.74, 6) is 2.22. The number of Topliss-reactive ketones (excluding diaryl/α,β-unsaturated/α-hetero) is 1. The molecule has 0 aliphatic heterocycles. The second-order valence-electron chi connectivity index (χ2n) is 8.20. The van der Waals surface area contributed by atoms with Crippen LogP contribution in [0.5, 0.6) is 0 Å². The van der Waals surface area contributed by atoms with Gasteiger partial charge in [0.05, 0.1) is 0 Å². The van der Waals surface area contributed by atoms with Gasteiger partial charge in [0.25, 0.3) is 0 Å². The van der Waals surface area contributed by atoms with Crippen LogP contribution in [0.4, 0.5) is 0 Å². The topological polar surface area (TPSA) is 17.1 Å². The summed E-state index contributed by atoms with van der Waals surface area (Å²) in [6.45, 7) is 8.94. The van der Waals surface area contributed by atoms with Crippen LogP contribution in [0.25, 0.3) is 0 Å². The summed E-state index contributed by atoms with van der Waals surface area (Å²) in [4.78, 5) is 13.0. The molecule has 2 atom stereocenters. The third kappa shape index (κ3) is 4.03. The number of fused-ring (bicyclic) bond motifs is 1. The number of rotatable bonds is 2. The van der Waals surface area contributed by atoms with Crippen LogP contribution in [0.1, 0.15) is 91.9 Å². The number of carbonyl (C=O) groups is 1. The Morgan fingerprint density at radius 1 is 0.818 bits per heavy atom. The normalized spacial score (nSPS) is 28.7. The van der Waals surface area contributed by atoms with Crippen LogP contribution >= 0.6 is 0 Å². The molecule has 0 heterocycles. The highest BCUT2D eigenvalue weighted by atomic mass is 16.1. The van der Waals surface area contributed by atoms with Crippen LogP contribution in [0.2, 0.25) is 0 Å². The van der Waals surface area contributed by atoms with E-state index in [0.29, 0.717) is 23.5 Å². The van der Waals surface area contributed by atoms with Crippen molar-refractivity contribution >= 4 is 5.78 Å². The molecule has 1 fully saturated rings. The Morgan fingerprint density at radius 3 is 1.91 bits per heavy atom. The third-order valence-electron chi connectivity index (χ3n) is 5.80. The third-order valence-corrected chi connectivity index (χ3v) is 5.80. The maximum Gasteiger partial charge on any atom is 0.163 e. The minimum absolute atomic E-state index is 0.273. The molecule has 0 aromatic carbocycles. The molecule has 0 bridgehead atoms. The smallest absolute Gasteiger partial charge is 0.163 e. The van der Waals surface area contributed by atoms with Gasteiger partial charge in [0.1, 0.15) is 0 Å². The highest BCUT2D eigenvalue weighted by molar-refractivity contribution is 6.01. The van der Waals surface area contributed by atoms with E-state index in [1.165, 1.54) is 69.8 Å². The van der Waals surface area contributed by atoms with E-state index in [2.05, 4.69) is 27.7 Å². The summed E-state index contributed by atoms with van der Waals surface area (Å²) < 4.78 is 0. The molecule has 2 rings (SSSR count). The van der Waals surface area contributed by atoms with E-state index in [4.69, 9.17) is 0 Å². The van der Waals surface area contributed by atoms with Gasteiger partial charge in [-0.05, 0) is 42.6 Å². The van der Waals surface area contributed by atoms with Crippen molar-refractivity contribution in [2.45, 2.75) is 91.9 Å². The van der Waals surface area contributed by atoms with Gasteiger partial charge in [0.2, 0.25) is 0 Å². The first-order valence-corrected chi connectivity index (χ1v) is 9.81. The second-order valence-corrected chi connectivity index (χ2v) is 8.20. The fourth-order valence-corrected chi connectivity index (χ4v) is 4.77. The molecule has 1 nitrogen and oxygen atoms in total. The number of hydrogen-bond acceptors (Lipinski definition) is 1. The van der Waals surface area contributed by atoms with Crippen molar-refractivity contribution in [3.63, 3.8) is 0 Å². The molecule has 126 valence electrons. The number of ketones is 1. The molecule has 0 radical (unpaired) electrons. The van der Waals surface area contributed by atoms with E-state index in [1.807, 2.05) is 0 Å². The molecule has 0 aromatic rings. The van der Waals surface area contributed by atoms with E-state index < -0.39 is 0 Å². The van der Waals surface area contributed by atoms with Crippen molar-refractivity contribution in [3.8, 4) is 0 Å². The molecule has 2 aliphatic rings. The van der Waals surface area contributed by atoms with E-state index in [0.717, 1.165) is 0 Å². The van der Waals surface area contributed by atoms with Crippen molar-refractivity contribution in [3.05, 3.63) is 11.1 Å². The Balaban J connectivity index is 2.25. The predicted molar refractivity (Wildman–Crippen MR) is 94.9 cm³/mol. The first-order chi connectivity index (χ1) is 10.5. The van der Waals surface area contributed by atoms with Crippen molar-refractivity contribution in [2.24, 2.45) is 23.7 Å². The van der Waals surface area contributed by atoms with E-state index >= 15 is 0 Å². The van der Waals surface area contributed by atoms with Gasteiger partial charge in [-0.25, -0.2) is 0 Å². The number of allylic oxidation sites excluding steroid dienone is 2. The molecular formula is C21H36O. The molecular weight excluding hydrogens is 268 g/mol. The summed E-state index contributed by atoms with van der Waals surface area (Å²) in [5, 5.41) is 0. The van der Waals surface area contributed by atoms with Gasteiger partial charge in [-0.15, -0.1) is 0 Å². The Kier molecular flexibility index (Phi) is 6.71. The van der Waals surface area contributed by atoms with E-state index in [9.17, 15) is 4.79 Å². The quantitative estimate of drug-likeness (QED) is 0.583. The van der Waals surface area contributed by atoms with E-state index in [-0.39, 0.29) is 5.92 Å². The largest absolute Gasteiger partial charge is 0.294 e.